The number of hydrogen-bond acceptors (Lipinski definition) is 3. The smallest absolute Gasteiger partial charge is 0.154 e. The summed E-state index contributed by atoms with van der Waals surface area (Å²) in [6.07, 6.45) is 2.84. The van der Waals surface area contributed by atoms with Crippen LogP contribution in [0.15, 0.2) is 59.6 Å². The Morgan fingerprint density at radius 2 is 1.79 bits per heavy atom. The minimum Gasteiger partial charge on any atom is -0.378 e. The second-order valence-electron chi connectivity index (χ2n) is 7.32. The van der Waals surface area contributed by atoms with Crippen molar-refractivity contribution >= 4 is 28.8 Å². The average Bonchev–Trinajstić information content (AvgIpc) is 3.07. The molecule has 0 radical (unpaired) electrons. The monoisotopic (exact) mass is 389 g/mol. The highest BCUT2D eigenvalue weighted by Gasteiger charge is 2.20. The van der Waals surface area contributed by atoms with E-state index in [9.17, 15) is 4.79 Å². The van der Waals surface area contributed by atoms with Crippen LogP contribution >= 0.6 is 0 Å². The number of amidine groups is 1. The number of hydrogen-bond donors (Lipinski definition) is 0. The van der Waals surface area contributed by atoms with Crippen LogP contribution in [-0.2, 0) is 11.3 Å². The van der Waals surface area contributed by atoms with Crippen molar-refractivity contribution in [2.45, 2.75) is 26.3 Å². The van der Waals surface area contributed by atoms with E-state index in [-0.39, 0.29) is 0 Å². The normalized spacial score (nSPS) is 15.1. The van der Waals surface area contributed by atoms with E-state index in [4.69, 9.17) is 9.73 Å². The molecular weight excluding hydrogens is 362 g/mol. The number of ether oxygens (including phenoxy) is 1. The molecule has 2 aromatic carbocycles. The number of carbonyl (C=O) groups is 1. The van der Waals surface area contributed by atoms with Gasteiger partial charge in [0, 0.05) is 31.4 Å². The molecule has 3 aromatic rings. The topological polar surface area (TPSA) is 46.8 Å². The van der Waals surface area contributed by atoms with Crippen molar-refractivity contribution < 1.29 is 9.53 Å². The molecule has 5 heteroatoms. The summed E-state index contributed by atoms with van der Waals surface area (Å²) in [7, 11) is 0. The molecule has 0 atom stereocenters. The van der Waals surface area contributed by atoms with Gasteiger partial charge in [-0.25, -0.2) is 4.99 Å². The van der Waals surface area contributed by atoms with Crippen LogP contribution in [0.1, 0.15) is 35.7 Å². The fraction of sp³-hybridized carbons (Fsp3) is 0.333. The van der Waals surface area contributed by atoms with Crippen LogP contribution in [0, 0.1) is 0 Å². The van der Waals surface area contributed by atoms with Gasteiger partial charge in [0.15, 0.2) is 6.29 Å². The Balaban J connectivity index is 1.86. The number of aromatic nitrogens is 1. The van der Waals surface area contributed by atoms with Crippen LogP contribution in [0.3, 0.4) is 0 Å². The van der Waals surface area contributed by atoms with Crippen molar-refractivity contribution in [1.82, 2.24) is 9.47 Å². The van der Waals surface area contributed by atoms with Gasteiger partial charge in [-0.05, 0) is 18.1 Å². The van der Waals surface area contributed by atoms with Gasteiger partial charge in [0.05, 0.1) is 24.3 Å². The summed E-state index contributed by atoms with van der Waals surface area (Å²) in [4.78, 5) is 19.5. The summed E-state index contributed by atoms with van der Waals surface area (Å²) in [5.41, 5.74) is 2.89. The molecule has 0 saturated carbocycles. The quantitative estimate of drug-likeness (QED) is 0.350. The minimum atomic E-state index is 0.665. The Kier molecular flexibility index (Phi) is 6.06. The Hall–Kier alpha value is -2.92. The number of aldehydes is 1. The van der Waals surface area contributed by atoms with Gasteiger partial charge in [-0.1, -0.05) is 55.5 Å². The van der Waals surface area contributed by atoms with Crippen molar-refractivity contribution in [2.75, 3.05) is 26.3 Å². The first-order valence-electron chi connectivity index (χ1n) is 10.3. The number of morpholine rings is 1. The molecule has 0 aliphatic carbocycles. The Labute approximate surface area is 171 Å². The maximum Gasteiger partial charge on any atom is 0.154 e. The molecule has 0 N–H and O–H groups in total. The lowest BCUT2D eigenvalue weighted by Crippen LogP contribution is -2.40. The molecule has 0 amide bonds. The van der Waals surface area contributed by atoms with E-state index in [2.05, 4.69) is 34.6 Å². The van der Waals surface area contributed by atoms with Crippen molar-refractivity contribution in [3.63, 3.8) is 0 Å². The van der Waals surface area contributed by atoms with Gasteiger partial charge in [0.25, 0.3) is 0 Å². The molecule has 2 heterocycles. The van der Waals surface area contributed by atoms with Gasteiger partial charge >= 0.3 is 0 Å². The molecule has 1 aliphatic heterocycles. The zero-order valence-electron chi connectivity index (χ0n) is 16.9. The Morgan fingerprint density at radius 3 is 2.52 bits per heavy atom. The lowest BCUT2D eigenvalue weighted by atomic mass is 10.2. The summed E-state index contributed by atoms with van der Waals surface area (Å²) in [6, 6.07) is 18.4. The average molecular weight is 389 g/mol. The van der Waals surface area contributed by atoms with Crippen LogP contribution in [0.25, 0.3) is 10.9 Å². The number of rotatable bonds is 6. The first-order chi connectivity index (χ1) is 14.3. The van der Waals surface area contributed by atoms with Gasteiger partial charge in [-0.3, -0.25) is 4.79 Å². The Bertz CT molecular complexity index is 1000. The van der Waals surface area contributed by atoms with Crippen LogP contribution in [0.4, 0.5) is 5.82 Å². The first kappa shape index (κ1) is 19.4. The highest BCUT2D eigenvalue weighted by Crippen LogP contribution is 2.32. The van der Waals surface area contributed by atoms with Gasteiger partial charge in [-0.2, -0.15) is 0 Å². The number of benzene rings is 2. The molecule has 29 heavy (non-hydrogen) atoms. The fourth-order valence-electron chi connectivity index (χ4n) is 3.93. The third kappa shape index (κ3) is 4.10. The van der Waals surface area contributed by atoms with Crippen LogP contribution in [-0.4, -0.2) is 47.9 Å². The predicted molar refractivity (Wildman–Crippen MR) is 117 cm³/mol. The van der Waals surface area contributed by atoms with E-state index < -0.39 is 0 Å². The number of nitrogens with zero attached hydrogens (tertiary/aromatic N) is 3. The minimum absolute atomic E-state index is 0.665. The lowest BCUT2D eigenvalue weighted by Gasteiger charge is -2.30. The summed E-state index contributed by atoms with van der Waals surface area (Å²) in [5.74, 6) is 1.79. The van der Waals surface area contributed by atoms with E-state index >= 15 is 0 Å². The number of aliphatic imine (C=N–C) groups is 1. The van der Waals surface area contributed by atoms with E-state index in [1.54, 1.807) is 0 Å². The zero-order chi connectivity index (χ0) is 20.1. The van der Waals surface area contributed by atoms with Crippen molar-refractivity contribution in [1.29, 1.82) is 0 Å². The van der Waals surface area contributed by atoms with Crippen LogP contribution < -0.4 is 0 Å². The largest absolute Gasteiger partial charge is 0.378 e. The Morgan fingerprint density at radius 1 is 1.07 bits per heavy atom. The molecule has 0 unspecified atom stereocenters. The SMILES string of the molecule is CCC/C(=N\c1c(C=O)c2ccccc2n1Cc1ccccc1)N1CCOCC1. The van der Waals surface area contributed by atoms with E-state index in [1.165, 1.54) is 5.56 Å². The molecule has 0 bridgehead atoms. The van der Waals surface area contributed by atoms with Crippen molar-refractivity contribution in [3.05, 3.63) is 65.7 Å². The standard InChI is InChI=1S/C24H27N3O2/c1-2-8-23(26-13-15-29-16-14-26)25-24-21(18-28)20-11-6-7-12-22(20)27(24)17-19-9-4-3-5-10-19/h3-7,9-12,18H,2,8,13-17H2,1H3/b25-23+. The lowest BCUT2D eigenvalue weighted by molar-refractivity contribution is 0.0672. The van der Waals surface area contributed by atoms with Crippen molar-refractivity contribution in [2.24, 2.45) is 4.99 Å². The zero-order valence-corrected chi connectivity index (χ0v) is 16.9. The highest BCUT2D eigenvalue weighted by atomic mass is 16.5. The number of fused-ring (bicyclic) bond motifs is 1. The number of para-hydroxylation sites is 1. The van der Waals surface area contributed by atoms with E-state index in [1.807, 2.05) is 36.4 Å². The molecular formula is C24H27N3O2. The second kappa shape index (κ2) is 9.05. The molecule has 1 aromatic heterocycles. The van der Waals surface area contributed by atoms with Gasteiger partial charge < -0.3 is 14.2 Å². The molecule has 1 aliphatic rings. The van der Waals surface area contributed by atoms with Crippen molar-refractivity contribution in [3.8, 4) is 0 Å². The molecule has 0 spiro atoms. The van der Waals surface area contributed by atoms with Gasteiger partial charge in [0.2, 0.25) is 0 Å². The fourth-order valence-corrected chi connectivity index (χ4v) is 3.93. The highest BCUT2D eigenvalue weighted by molar-refractivity contribution is 6.04. The van der Waals surface area contributed by atoms with Crippen LogP contribution in [0.2, 0.25) is 0 Å². The maximum absolute atomic E-state index is 12.1. The molecule has 5 nitrogen and oxygen atoms in total. The summed E-state index contributed by atoms with van der Waals surface area (Å²) < 4.78 is 7.69. The third-order valence-electron chi connectivity index (χ3n) is 5.37. The summed E-state index contributed by atoms with van der Waals surface area (Å²) >= 11 is 0. The van der Waals surface area contributed by atoms with Gasteiger partial charge in [0.1, 0.15) is 11.7 Å². The first-order valence-corrected chi connectivity index (χ1v) is 10.3. The van der Waals surface area contributed by atoms with E-state index in [0.29, 0.717) is 12.1 Å². The second-order valence-corrected chi connectivity index (χ2v) is 7.32. The molecule has 1 saturated heterocycles. The van der Waals surface area contributed by atoms with E-state index in [0.717, 1.165) is 68.0 Å². The van der Waals surface area contributed by atoms with Gasteiger partial charge in [-0.15, -0.1) is 0 Å². The summed E-state index contributed by atoms with van der Waals surface area (Å²) in [6.45, 7) is 5.96. The number of carbonyl (C=O) groups excluding carboxylic acids is 1. The maximum atomic E-state index is 12.1. The molecule has 4 rings (SSSR count). The molecule has 1 fully saturated rings. The summed E-state index contributed by atoms with van der Waals surface area (Å²) in [5, 5.41) is 0.954. The third-order valence-corrected chi connectivity index (χ3v) is 5.37. The molecule has 150 valence electrons. The van der Waals surface area contributed by atoms with Crippen LogP contribution in [0.5, 0.6) is 0 Å². The predicted octanol–water partition coefficient (Wildman–Crippen LogP) is 4.66.